The molecule has 2 heterocycles. The van der Waals surface area contributed by atoms with Crippen LogP contribution in [0.15, 0.2) is 24.5 Å². The second-order valence-corrected chi connectivity index (χ2v) is 7.24. The van der Waals surface area contributed by atoms with E-state index in [9.17, 15) is 0 Å². The van der Waals surface area contributed by atoms with Crippen LogP contribution in [-0.2, 0) is 0 Å². The Bertz CT molecular complexity index is 842. The van der Waals surface area contributed by atoms with Gasteiger partial charge in [0.1, 0.15) is 12.0 Å². The lowest BCUT2D eigenvalue weighted by molar-refractivity contribution is 0.606. The van der Waals surface area contributed by atoms with Gasteiger partial charge in [-0.1, -0.05) is 31.3 Å². The zero-order valence-electron chi connectivity index (χ0n) is 14.1. The first-order chi connectivity index (χ1) is 11.5. The number of nitrogens with one attached hydrogen (secondary N) is 2. The summed E-state index contributed by atoms with van der Waals surface area (Å²) in [6.45, 7) is 7.28. The summed E-state index contributed by atoms with van der Waals surface area (Å²) >= 11 is 1.58. The normalized spacial score (nSPS) is 11.2. The number of hydrogen-bond donors (Lipinski definition) is 3. The summed E-state index contributed by atoms with van der Waals surface area (Å²) < 4.78 is 1.14. The van der Waals surface area contributed by atoms with E-state index >= 15 is 0 Å². The molecular formula is C17H22N6S. The number of hydrogen-bond acceptors (Lipinski definition) is 7. The van der Waals surface area contributed by atoms with Crippen LogP contribution in [0.4, 0.5) is 22.5 Å². The Hall–Kier alpha value is -2.41. The lowest BCUT2D eigenvalue weighted by Gasteiger charge is -2.12. The summed E-state index contributed by atoms with van der Waals surface area (Å²) in [4.78, 5) is 13.0. The monoisotopic (exact) mass is 342 g/mol. The average molecular weight is 342 g/mol. The molecule has 0 bridgehead atoms. The van der Waals surface area contributed by atoms with Gasteiger partial charge in [-0.2, -0.15) is 0 Å². The predicted octanol–water partition coefficient (Wildman–Crippen LogP) is 4.18. The number of nitrogens with two attached hydrogens (primary N) is 1. The van der Waals surface area contributed by atoms with Gasteiger partial charge >= 0.3 is 0 Å². The van der Waals surface area contributed by atoms with Crippen LogP contribution >= 0.6 is 11.3 Å². The second-order valence-electron chi connectivity index (χ2n) is 6.21. The molecule has 0 fully saturated rings. The first-order valence-electron chi connectivity index (χ1n) is 8.01. The van der Waals surface area contributed by atoms with Crippen molar-refractivity contribution in [1.29, 1.82) is 0 Å². The van der Waals surface area contributed by atoms with Crippen molar-refractivity contribution in [3.05, 3.63) is 30.1 Å². The number of nitrogens with zero attached hydrogens (tertiary/aromatic N) is 3. The highest BCUT2D eigenvalue weighted by atomic mass is 32.1. The SMILES string of the molecule is Cc1ccc2nc(Nc3ncnc(NCCC(C)C)c3N)sc2c1. The van der Waals surface area contributed by atoms with E-state index in [4.69, 9.17) is 5.73 Å². The summed E-state index contributed by atoms with van der Waals surface area (Å²) in [5.41, 5.74) is 8.89. The number of thiazole rings is 1. The molecular weight excluding hydrogens is 320 g/mol. The molecule has 0 atom stereocenters. The molecule has 1 aromatic carbocycles. The van der Waals surface area contributed by atoms with Crippen molar-refractivity contribution in [3.63, 3.8) is 0 Å². The molecule has 0 aliphatic rings. The Morgan fingerprint density at radius 3 is 2.79 bits per heavy atom. The van der Waals surface area contributed by atoms with Crippen molar-refractivity contribution in [1.82, 2.24) is 15.0 Å². The number of aryl methyl sites for hydroxylation is 1. The smallest absolute Gasteiger partial charge is 0.189 e. The molecule has 0 saturated heterocycles. The largest absolute Gasteiger partial charge is 0.393 e. The summed E-state index contributed by atoms with van der Waals surface area (Å²) in [5, 5.41) is 7.26. The molecule has 7 heteroatoms. The van der Waals surface area contributed by atoms with E-state index in [1.54, 1.807) is 11.3 Å². The van der Waals surface area contributed by atoms with Gasteiger partial charge < -0.3 is 16.4 Å². The highest BCUT2D eigenvalue weighted by Crippen LogP contribution is 2.31. The molecule has 6 nitrogen and oxygen atoms in total. The minimum Gasteiger partial charge on any atom is -0.393 e. The lowest BCUT2D eigenvalue weighted by Crippen LogP contribution is -2.10. The van der Waals surface area contributed by atoms with Gasteiger partial charge in [0.25, 0.3) is 0 Å². The standard InChI is InChI=1S/C17H22N6S/c1-10(2)6-7-19-15-14(18)16(21-9-20-15)23-17-22-12-5-4-11(3)8-13(12)24-17/h4-5,8-10H,6-7,18H2,1-3H3,(H2,19,20,21,22,23). The van der Waals surface area contributed by atoms with Gasteiger partial charge in [0, 0.05) is 6.54 Å². The quantitative estimate of drug-likeness (QED) is 0.623. The van der Waals surface area contributed by atoms with Gasteiger partial charge in [-0.05, 0) is 37.0 Å². The summed E-state index contributed by atoms with van der Waals surface area (Å²) in [6, 6.07) is 6.20. The summed E-state index contributed by atoms with van der Waals surface area (Å²) in [7, 11) is 0. The van der Waals surface area contributed by atoms with Gasteiger partial charge in [0.05, 0.1) is 10.2 Å². The maximum Gasteiger partial charge on any atom is 0.189 e. The van der Waals surface area contributed by atoms with Crippen LogP contribution in [-0.4, -0.2) is 21.5 Å². The molecule has 0 unspecified atom stereocenters. The molecule has 0 aliphatic carbocycles. The van der Waals surface area contributed by atoms with Gasteiger partial charge in [-0.25, -0.2) is 15.0 Å². The van der Waals surface area contributed by atoms with Crippen molar-refractivity contribution in [2.75, 3.05) is 22.9 Å². The Morgan fingerprint density at radius 2 is 2.00 bits per heavy atom. The number of aromatic nitrogens is 3. The number of rotatable bonds is 6. The van der Waals surface area contributed by atoms with Gasteiger partial charge in [0.2, 0.25) is 0 Å². The fourth-order valence-corrected chi connectivity index (χ4v) is 3.26. The van der Waals surface area contributed by atoms with E-state index in [1.807, 2.05) is 6.07 Å². The molecule has 2 aromatic heterocycles. The molecule has 3 rings (SSSR count). The maximum atomic E-state index is 6.19. The predicted molar refractivity (Wildman–Crippen MR) is 102 cm³/mol. The van der Waals surface area contributed by atoms with E-state index in [1.165, 1.54) is 11.9 Å². The van der Waals surface area contributed by atoms with Crippen LogP contribution in [0.5, 0.6) is 0 Å². The number of fused-ring (bicyclic) bond motifs is 1. The van der Waals surface area contributed by atoms with Gasteiger partial charge in [0.15, 0.2) is 16.8 Å². The topological polar surface area (TPSA) is 88.8 Å². The minimum atomic E-state index is 0.511. The number of nitrogen functional groups attached to an aromatic ring is 1. The molecule has 0 aliphatic heterocycles. The van der Waals surface area contributed by atoms with Crippen LogP contribution in [0.25, 0.3) is 10.2 Å². The van der Waals surface area contributed by atoms with Crippen molar-refractivity contribution >= 4 is 44.0 Å². The summed E-state index contributed by atoms with van der Waals surface area (Å²) in [5.74, 6) is 1.86. The third-order valence-corrected chi connectivity index (χ3v) is 4.60. The minimum absolute atomic E-state index is 0.511. The Kier molecular flexibility index (Phi) is 4.80. The van der Waals surface area contributed by atoms with Crippen LogP contribution < -0.4 is 16.4 Å². The third-order valence-electron chi connectivity index (χ3n) is 3.67. The zero-order valence-corrected chi connectivity index (χ0v) is 14.9. The lowest BCUT2D eigenvalue weighted by atomic mass is 10.1. The van der Waals surface area contributed by atoms with Crippen molar-refractivity contribution in [3.8, 4) is 0 Å². The van der Waals surface area contributed by atoms with Crippen LogP contribution in [0.3, 0.4) is 0 Å². The molecule has 0 radical (unpaired) electrons. The van der Waals surface area contributed by atoms with E-state index < -0.39 is 0 Å². The van der Waals surface area contributed by atoms with E-state index in [-0.39, 0.29) is 0 Å². The molecule has 0 amide bonds. The molecule has 126 valence electrons. The summed E-state index contributed by atoms with van der Waals surface area (Å²) in [6.07, 6.45) is 2.57. The van der Waals surface area contributed by atoms with Crippen molar-refractivity contribution in [2.45, 2.75) is 27.2 Å². The highest BCUT2D eigenvalue weighted by Gasteiger charge is 2.11. The fourth-order valence-electron chi connectivity index (χ4n) is 2.30. The average Bonchev–Trinajstić information content (AvgIpc) is 2.92. The zero-order chi connectivity index (χ0) is 17.1. The maximum absolute atomic E-state index is 6.19. The Labute approximate surface area is 145 Å². The first-order valence-corrected chi connectivity index (χ1v) is 8.83. The third kappa shape index (κ3) is 3.73. The molecule has 4 N–H and O–H groups in total. The second kappa shape index (κ2) is 7.00. The Balaban J connectivity index is 1.78. The van der Waals surface area contributed by atoms with Crippen LogP contribution in [0, 0.1) is 12.8 Å². The van der Waals surface area contributed by atoms with Crippen molar-refractivity contribution in [2.24, 2.45) is 5.92 Å². The first kappa shape index (κ1) is 16.4. The van der Waals surface area contributed by atoms with E-state index in [0.717, 1.165) is 28.3 Å². The van der Waals surface area contributed by atoms with Crippen LogP contribution in [0.1, 0.15) is 25.8 Å². The van der Waals surface area contributed by atoms with Gasteiger partial charge in [-0.15, -0.1) is 0 Å². The van der Waals surface area contributed by atoms with Gasteiger partial charge in [-0.3, -0.25) is 0 Å². The van der Waals surface area contributed by atoms with Crippen LogP contribution in [0.2, 0.25) is 0 Å². The van der Waals surface area contributed by atoms with E-state index in [0.29, 0.717) is 23.2 Å². The molecule has 0 saturated carbocycles. The Morgan fingerprint density at radius 1 is 1.21 bits per heavy atom. The number of benzene rings is 1. The molecule has 0 spiro atoms. The number of anilines is 4. The molecule has 3 aromatic rings. The molecule has 24 heavy (non-hydrogen) atoms. The van der Waals surface area contributed by atoms with E-state index in [2.05, 4.69) is 58.5 Å². The van der Waals surface area contributed by atoms with Crippen molar-refractivity contribution < 1.29 is 0 Å². The fraction of sp³-hybridized carbons (Fsp3) is 0.353. The highest BCUT2D eigenvalue weighted by molar-refractivity contribution is 7.22.